The van der Waals surface area contributed by atoms with Gasteiger partial charge in [0.05, 0.1) is 25.9 Å². The largest absolute Gasteiger partial charge is 0.492 e. The molecule has 22 heavy (non-hydrogen) atoms. The van der Waals surface area contributed by atoms with Crippen LogP contribution in [0.25, 0.3) is 0 Å². The fraction of sp³-hybridized carbons (Fsp3) is 0.600. The molecule has 0 amide bonds. The van der Waals surface area contributed by atoms with E-state index in [0.717, 1.165) is 5.56 Å². The third-order valence-corrected chi connectivity index (χ3v) is 2.97. The molecule has 1 atom stereocenters. The molecule has 124 valence electrons. The maximum atomic E-state index is 9.36. The Kier molecular flexibility index (Phi) is 9.11. The second-order valence-corrected chi connectivity index (χ2v) is 4.87. The summed E-state index contributed by atoms with van der Waals surface area (Å²) in [5, 5.41) is 18.7. The Morgan fingerprint density at radius 2 is 2.00 bits per heavy atom. The van der Waals surface area contributed by atoms with E-state index in [4.69, 9.17) is 18.9 Å². The lowest BCUT2D eigenvalue weighted by atomic mass is 9.79. The minimum Gasteiger partial charge on any atom is -0.492 e. The Balaban J connectivity index is 2.61. The van der Waals surface area contributed by atoms with Gasteiger partial charge in [-0.25, -0.2) is 0 Å². The van der Waals surface area contributed by atoms with Crippen LogP contribution < -0.4 is 10.2 Å². The maximum Gasteiger partial charge on any atom is 0.492 e. The predicted octanol–water partition coefficient (Wildman–Crippen LogP) is 0.333. The lowest BCUT2D eigenvalue weighted by Gasteiger charge is -2.14. The molecule has 0 saturated carbocycles. The maximum absolute atomic E-state index is 9.36. The van der Waals surface area contributed by atoms with Crippen molar-refractivity contribution >= 4 is 12.6 Å². The standard InChI is InChI=1S/C15H25BO6/c1-4-21-12(2)10-20-11-13-5-6-14(16(17)18)15(9-13)22-8-7-19-3/h5-6,9,12,17-18H,4,7-8,10-11H2,1-3H3/t12-/m1/s1. The molecule has 1 aromatic carbocycles. The first-order valence-corrected chi connectivity index (χ1v) is 7.38. The van der Waals surface area contributed by atoms with E-state index in [2.05, 4.69) is 0 Å². The van der Waals surface area contributed by atoms with Crippen LogP contribution >= 0.6 is 0 Å². The number of benzene rings is 1. The number of hydrogen-bond donors (Lipinski definition) is 2. The lowest BCUT2D eigenvalue weighted by molar-refractivity contribution is -0.00716. The van der Waals surface area contributed by atoms with Crippen LogP contribution in [-0.2, 0) is 20.8 Å². The van der Waals surface area contributed by atoms with Crippen molar-refractivity contribution in [3.63, 3.8) is 0 Å². The molecule has 0 fully saturated rings. The Hall–Kier alpha value is -1.12. The van der Waals surface area contributed by atoms with Gasteiger partial charge in [0.1, 0.15) is 12.4 Å². The molecule has 0 aliphatic rings. The van der Waals surface area contributed by atoms with Crippen molar-refractivity contribution in [3.8, 4) is 5.75 Å². The zero-order valence-electron chi connectivity index (χ0n) is 13.4. The molecule has 0 aromatic heterocycles. The zero-order chi connectivity index (χ0) is 16.4. The number of methoxy groups -OCH3 is 1. The average Bonchev–Trinajstić information content (AvgIpc) is 2.48. The second-order valence-electron chi connectivity index (χ2n) is 4.87. The van der Waals surface area contributed by atoms with Gasteiger partial charge in [-0.3, -0.25) is 0 Å². The molecule has 0 unspecified atom stereocenters. The van der Waals surface area contributed by atoms with Gasteiger partial charge in [0.2, 0.25) is 0 Å². The van der Waals surface area contributed by atoms with Crippen LogP contribution in [0.4, 0.5) is 0 Å². The van der Waals surface area contributed by atoms with E-state index in [0.29, 0.717) is 44.2 Å². The van der Waals surface area contributed by atoms with Crippen molar-refractivity contribution in [2.75, 3.05) is 33.5 Å². The first-order valence-electron chi connectivity index (χ1n) is 7.38. The molecule has 0 heterocycles. The van der Waals surface area contributed by atoms with Crippen molar-refractivity contribution in [3.05, 3.63) is 23.8 Å². The summed E-state index contributed by atoms with van der Waals surface area (Å²) in [6.45, 7) is 6.21. The Labute approximate surface area is 132 Å². The number of hydrogen-bond acceptors (Lipinski definition) is 6. The van der Waals surface area contributed by atoms with E-state index in [-0.39, 0.29) is 6.10 Å². The molecule has 7 heteroatoms. The number of rotatable bonds is 11. The van der Waals surface area contributed by atoms with Crippen molar-refractivity contribution in [1.82, 2.24) is 0 Å². The summed E-state index contributed by atoms with van der Waals surface area (Å²) >= 11 is 0. The van der Waals surface area contributed by atoms with Gasteiger partial charge in [-0.15, -0.1) is 0 Å². The van der Waals surface area contributed by atoms with Crippen molar-refractivity contribution in [2.45, 2.75) is 26.6 Å². The highest BCUT2D eigenvalue weighted by Gasteiger charge is 2.17. The minimum absolute atomic E-state index is 0.0426. The van der Waals surface area contributed by atoms with Crippen molar-refractivity contribution < 1.29 is 29.0 Å². The molecular weight excluding hydrogens is 287 g/mol. The smallest absolute Gasteiger partial charge is 0.492 e. The van der Waals surface area contributed by atoms with E-state index >= 15 is 0 Å². The minimum atomic E-state index is -1.58. The SMILES string of the molecule is CCO[C@H](C)COCc1ccc(B(O)O)c(OCCOC)c1. The first kappa shape index (κ1) is 18.9. The van der Waals surface area contributed by atoms with Crippen LogP contribution in [-0.4, -0.2) is 56.8 Å². The van der Waals surface area contributed by atoms with E-state index in [1.807, 2.05) is 13.8 Å². The van der Waals surface area contributed by atoms with Crippen molar-refractivity contribution in [2.24, 2.45) is 0 Å². The Morgan fingerprint density at radius 3 is 2.64 bits per heavy atom. The molecule has 0 radical (unpaired) electrons. The van der Waals surface area contributed by atoms with Gasteiger partial charge in [-0.1, -0.05) is 12.1 Å². The van der Waals surface area contributed by atoms with E-state index in [1.165, 1.54) is 0 Å². The van der Waals surface area contributed by atoms with Crippen LogP contribution in [0.1, 0.15) is 19.4 Å². The summed E-state index contributed by atoms with van der Waals surface area (Å²) in [6.07, 6.45) is 0.0426. The molecule has 0 aliphatic carbocycles. The summed E-state index contributed by atoms with van der Waals surface area (Å²) in [6, 6.07) is 5.15. The van der Waals surface area contributed by atoms with Crippen molar-refractivity contribution in [1.29, 1.82) is 0 Å². The highest BCUT2D eigenvalue weighted by Crippen LogP contribution is 2.13. The monoisotopic (exact) mass is 312 g/mol. The highest BCUT2D eigenvalue weighted by molar-refractivity contribution is 6.59. The van der Waals surface area contributed by atoms with E-state index < -0.39 is 7.12 Å². The van der Waals surface area contributed by atoms with Gasteiger partial charge in [0.15, 0.2) is 0 Å². The van der Waals surface area contributed by atoms with E-state index in [1.54, 1.807) is 25.3 Å². The molecule has 1 aromatic rings. The highest BCUT2D eigenvalue weighted by atomic mass is 16.5. The molecule has 0 aliphatic heterocycles. The van der Waals surface area contributed by atoms with E-state index in [9.17, 15) is 10.0 Å². The van der Waals surface area contributed by atoms with Crippen LogP contribution in [0, 0.1) is 0 Å². The third kappa shape index (κ3) is 6.76. The summed E-state index contributed by atoms with van der Waals surface area (Å²) in [5.41, 5.74) is 1.21. The molecule has 1 rings (SSSR count). The Morgan fingerprint density at radius 1 is 1.23 bits per heavy atom. The summed E-state index contributed by atoms with van der Waals surface area (Å²) in [7, 11) is 0.0000868. The molecule has 6 nitrogen and oxygen atoms in total. The third-order valence-electron chi connectivity index (χ3n) is 2.97. The van der Waals surface area contributed by atoms with Gasteiger partial charge in [0.25, 0.3) is 0 Å². The van der Waals surface area contributed by atoms with Gasteiger partial charge >= 0.3 is 7.12 Å². The summed E-state index contributed by atoms with van der Waals surface area (Å²) < 4.78 is 21.4. The molecule has 0 bridgehead atoms. The predicted molar refractivity (Wildman–Crippen MR) is 84.4 cm³/mol. The van der Waals surface area contributed by atoms with Gasteiger partial charge in [0, 0.05) is 19.2 Å². The summed E-state index contributed by atoms with van der Waals surface area (Å²) in [4.78, 5) is 0. The number of ether oxygens (including phenoxy) is 4. The van der Waals surface area contributed by atoms with Crippen LogP contribution in [0.5, 0.6) is 5.75 Å². The van der Waals surface area contributed by atoms with Gasteiger partial charge in [-0.05, 0) is 25.5 Å². The topological polar surface area (TPSA) is 77.4 Å². The average molecular weight is 312 g/mol. The quantitative estimate of drug-likeness (QED) is 0.453. The normalized spacial score (nSPS) is 12.2. The van der Waals surface area contributed by atoms with Crippen LogP contribution in [0.2, 0.25) is 0 Å². The Bertz CT molecular complexity index is 426. The fourth-order valence-corrected chi connectivity index (χ4v) is 1.92. The second kappa shape index (κ2) is 10.6. The van der Waals surface area contributed by atoms with Crippen LogP contribution in [0.15, 0.2) is 18.2 Å². The van der Waals surface area contributed by atoms with Gasteiger partial charge < -0.3 is 29.0 Å². The van der Waals surface area contributed by atoms with Gasteiger partial charge in [-0.2, -0.15) is 0 Å². The first-order chi connectivity index (χ1) is 10.6. The van der Waals surface area contributed by atoms with Crippen LogP contribution in [0.3, 0.4) is 0 Å². The lowest BCUT2D eigenvalue weighted by Crippen LogP contribution is -2.32. The molecular formula is C15H25BO6. The summed E-state index contributed by atoms with van der Waals surface area (Å²) in [5.74, 6) is 0.422. The zero-order valence-corrected chi connectivity index (χ0v) is 13.4. The molecule has 0 spiro atoms. The fourth-order valence-electron chi connectivity index (χ4n) is 1.92. The molecule has 0 saturated heterocycles. The molecule has 2 N–H and O–H groups in total.